The summed E-state index contributed by atoms with van der Waals surface area (Å²) in [6, 6.07) is 7.22. The summed E-state index contributed by atoms with van der Waals surface area (Å²) in [4.78, 5) is 10.7. The van der Waals surface area contributed by atoms with E-state index in [0.29, 0.717) is 5.56 Å². The zero-order valence-electron chi connectivity index (χ0n) is 8.44. The van der Waals surface area contributed by atoms with Crippen LogP contribution in [-0.2, 0) is 5.41 Å². The quantitative estimate of drug-likeness (QED) is 0.772. The van der Waals surface area contributed by atoms with E-state index < -0.39 is 5.97 Å². The van der Waals surface area contributed by atoms with Crippen LogP contribution >= 0.6 is 12.6 Å². The number of carboxylic acid groups (broad SMARTS) is 1. The number of thiol groups is 1. The second-order valence-corrected chi connectivity index (χ2v) is 4.49. The molecule has 0 spiro atoms. The number of hydrogen-bond acceptors (Lipinski definition) is 2. The molecule has 0 bridgehead atoms. The number of carboxylic acids is 1. The molecule has 0 aliphatic heterocycles. The van der Waals surface area contributed by atoms with E-state index >= 15 is 0 Å². The molecule has 1 aliphatic carbocycles. The third-order valence-corrected chi connectivity index (χ3v) is 3.96. The molecular weight excluding hydrogens is 208 g/mol. The number of rotatable bonds is 3. The molecule has 0 aromatic heterocycles. The van der Waals surface area contributed by atoms with Gasteiger partial charge in [-0.3, -0.25) is 0 Å². The van der Waals surface area contributed by atoms with Crippen LogP contribution in [-0.4, -0.2) is 16.8 Å². The second kappa shape index (κ2) is 3.89. The monoisotopic (exact) mass is 222 g/mol. The summed E-state index contributed by atoms with van der Waals surface area (Å²) < 4.78 is 0. The lowest BCUT2D eigenvalue weighted by molar-refractivity contribution is 0.0697. The van der Waals surface area contributed by atoms with Gasteiger partial charge in [0.25, 0.3) is 0 Å². The first kappa shape index (κ1) is 10.6. The van der Waals surface area contributed by atoms with Crippen LogP contribution in [0.15, 0.2) is 24.3 Å². The molecule has 1 N–H and O–H groups in total. The minimum absolute atomic E-state index is 0.208. The van der Waals surface area contributed by atoms with Gasteiger partial charge >= 0.3 is 5.97 Å². The maximum Gasteiger partial charge on any atom is 0.335 e. The van der Waals surface area contributed by atoms with E-state index in [0.717, 1.165) is 5.75 Å². The maximum atomic E-state index is 10.7. The molecule has 0 unspecified atom stereocenters. The van der Waals surface area contributed by atoms with Crippen LogP contribution in [0.2, 0.25) is 0 Å². The SMILES string of the molecule is O=C(O)c1ccc(C2(CS)CCC2)cc1. The Kier molecular flexibility index (Phi) is 2.74. The first-order chi connectivity index (χ1) is 7.18. The molecule has 3 heteroatoms. The summed E-state index contributed by atoms with van der Waals surface area (Å²) in [6.45, 7) is 0. The molecule has 15 heavy (non-hydrogen) atoms. The molecule has 0 radical (unpaired) electrons. The van der Waals surface area contributed by atoms with Gasteiger partial charge in [-0.15, -0.1) is 0 Å². The van der Waals surface area contributed by atoms with Crippen LogP contribution in [0.25, 0.3) is 0 Å². The van der Waals surface area contributed by atoms with E-state index in [1.807, 2.05) is 12.1 Å². The van der Waals surface area contributed by atoms with Crippen molar-refractivity contribution in [2.45, 2.75) is 24.7 Å². The van der Waals surface area contributed by atoms with Gasteiger partial charge in [0.15, 0.2) is 0 Å². The Morgan fingerprint density at radius 1 is 1.33 bits per heavy atom. The van der Waals surface area contributed by atoms with Crippen LogP contribution in [0.4, 0.5) is 0 Å². The Morgan fingerprint density at radius 3 is 2.27 bits per heavy atom. The summed E-state index contributed by atoms with van der Waals surface area (Å²) in [5, 5.41) is 8.79. The van der Waals surface area contributed by atoms with Gasteiger partial charge in [0.2, 0.25) is 0 Å². The molecule has 0 saturated heterocycles. The molecule has 2 nitrogen and oxygen atoms in total. The standard InChI is InChI=1S/C12H14O2S/c13-11(14)9-2-4-10(5-3-9)12(8-15)6-1-7-12/h2-5,15H,1,6-8H2,(H,13,14). The van der Waals surface area contributed by atoms with Crippen LogP contribution in [0.1, 0.15) is 35.2 Å². The Hall–Kier alpha value is -0.960. The van der Waals surface area contributed by atoms with Gasteiger partial charge in [-0.25, -0.2) is 4.79 Å². The van der Waals surface area contributed by atoms with Crippen molar-refractivity contribution in [3.63, 3.8) is 0 Å². The van der Waals surface area contributed by atoms with Crippen molar-refractivity contribution in [1.82, 2.24) is 0 Å². The molecule has 80 valence electrons. The van der Waals surface area contributed by atoms with Crippen molar-refractivity contribution in [1.29, 1.82) is 0 Å². The maximum absolute atomic E-state index is 10.7. The molecule has 1 aromatic rings. The molecule has 1 aliphatic rings. The van der Waals surface area contributed by atoms with E-state index in [1.54, 1.807) is 12.1 Å². The fraction of sp³-hybridized carbons (Fsp3) is 0.417. The highest BCUT2D eigenvalue weighted by atomic mass is 32.1. The molecule has 1 saturated carbocycles. The lowest BCUT2D eigenvalue weighted by atomic mass is 9.66. The molecule has 1 fully saturated rings. The first-order valence-electron chi connectivity index (χ1n) is 5.13. The zero-order chi connectivity index (χ0) is 10.9. The van der Waals surface area contributed by atoms with E-state index in [9.17, 15) is 4.79 Å². The van der Waals surface area contributed by atoms with Gasteiger partial charge in [0, 0.05) is 5.41 Å². The third kappa shape index (κ3) is 1.76. The van der Waals surface area contributed by atoms with Gasteiger partial charge in [-0.2, -0.15) is 12.6 Å². The van der Waals surface area contributed by atoms with Gasteiger partial charge in [-0.1, -0.05) is 18.6 Å². The van der Waals surface area contributed by atoms with E-state index in [4.69, 9.17) is 5.11 Å². The average molecular weight is 222 g/mol. The molecule has 0 atom stereocenters. The van der Waals surface area contributed by atoms with E-state index in [2.05, 4.69) is 12.6 Å². The largest absolute Gasteiger partial charge is 0.478 e. The minimum Gasteiger partial charge on any atom is -0.478 e. The predicted molar refractivity (Wildman–Crippen MR) is 62.8 cm³/mol. The van der Waals surface area contributed by atoms with Crippen LogP contribution in [0.3, 0.4) is 0 Å². The molecular formula is C12H14O2S. The lowest BCUT2D eigenvalue weighted by Crippen LogP contribution is -2.36. The Balaban J connectivity index is 2.26. The number of aromatic carboxylic acids is 1. The highest BCUT2D eigenvalue weighted by Crippen LogP contribution is 2.44. The number of hydrogen-bond donors (Lipinski definition) is 2. The lowest BCUT2D eigenvalue weighted by Gasteiger charge is -2.41. The van der Waals surface area contributed by atoms with Crippen molar-refractivity contribution in [3.05, 3.63) is 35.4 Å². The molecule has 0 amide bonds. The highest BCUT2D eigenvalue weighted by molar-refractivity contribution is 7.80. The first-order valence-corrected chi connectivity index (χ1v) is 5.76. The second-order valence-electron chi connectivity index (χ2n) is 4.17. The molecule has 0 heterocycles. The normalized spacial score (nSPS) is 18.2. The van der Waals surface area contributed by atoms with Crippen LogP contribution in [0, 0.1) is 0 Å². The summed E-state index contributed by atoms with van der Waals surface area (Å²) in [5.41, 5.74) is 1.79. The van der Waals surface area contributed by atoms with E-state index in [1.165, 1.54) is 24.8 Å². The fourth-order valence-electron chi connectivity index (χ4n) is 2.11. The smallest absolute Gasteiger partial charge is 0.335 e. The van der Waals surface area contributed by atoms with Crippen molar-refractivity contribution in [3.8, 4) is 0 Å². The number of carbonyl (C=O) groups is 1. The van der Waals surface area contributed by atoms with Gasteiger partial charge < -0.3 is 5.11 Å². The Bertz CT molecular complexity index is 360. The summed E-state index contributed by atoms with van der Waals surface area (Å²) in [6.07, 6.45) is 3.59. The molecule has 1 aromatic carbocycles. The van der Waals surface area contributed by atoms with E-state index in [-0.39, 0.29) is 5.41 Å². The van der Waals surface area contributed by atoms with Crippen LogP contribution < -0.4 is 0 Å². The van der Waals surface area contributed by atoms with Gasteiger partial charge in [-0.05, 0) is 36.3 Å². The van der Waals surface area contributed by atoms with Crippen molar-refractivity contribution < 1.29 is 9.90 Å². The van der Waals surface area contributed by atoms with Gasteiger partial charge in [0.1, 0.15) is 0 Å². The van der Waals surface area contributed by atoms with Crippen LogP contribution in [0.5, 0.6) is 0 Å². The Labute approximate surface area is 94.7 Å². The zero-order valence-corrected chi connectivity index (χ0v) is 9.33. The Morgan fingerprint density at radius 2 is 1.93 bits per heavy atom. The van der Waals surface area contributed by atoms with Crippen molar-refractivity contribution in [2.24, 2.45) is 0 Å². The highest BCUT2D eigenvalue weighted by Gasteiger charge is 2.37. The van der Waals surface area contributed by atoms with Crippen molar-refractivity contribution >= 4 is 18.6 Å². The topological polar surface area (TPSA) is 37.3 Å². The summed E-state index contributed by atoms with van der Waals surface area (Å²) in [5.74, 6) is -0.0190. The summed E-state index contributed by atoms with van der Waals surface area (Å²) in [7, 11) is 0. The van der Waals surface area contributed by atoms with Gasteiger partial charge in [0.05, 0.1) is 5.56 Å². The van der Waals surface area contributed by atoms with Crippen molar-refractivity contribution in [2.75, 3.05) is 5.75 Å². The molecule has 2 rings (SSSR count). The average Bonchev–Trinajstić information content (AvgIpc) is 2.18. The minimum atomic E-state index is -0.866. The fourth-order valence-corrected chi connectivity index (χ4v) is 2.61. The summed E-state index contributed by atoms with van der Waals surface area (Å²) >= 11 is 4.39. The number of benzene rings is 1. The predicted octanol–water partition coefficient (Wildman–Crippen LogP) is 2.74. The third-order valence-electron chi connectivity index (χ3n) is 3.36.